The molecule has 0 saturated carbocycles. The molecule has 0 saturated heterocycles. The zero-order valence-corrected chi connectivity index (χ0v) is 12.2. The summed E-state index contributed by atoms with van der Waals surface area (Å²) >= 11 is 0. The predicted octanol–water partition coefficient (Wildman–Crippen LogP) is 1.53. The zero-order valence-electron chi connectivity index (χ0n) is 12.2. The molecule has 1 N–H and O–H groups in total. The van der Waals surface area contributed by atoms with Gasteiger partial charge in [-0.25, -0.2) is 9.67 Å². The van der Waals surface area contributed by atoms with Crippen molar-refractivity contribution in [2.75, 3.05) is 0 Å². The average Bonchev–Trinajstić information content (AvgIpc) is 3.21. The minimum atomic E-state index is -0.0686. The number of fused-ring (bicyclic) bond motifs is 1. The predicted molar refractivity (Wildman–Crippen MR) is 83.5 cm³/mol. The van der Waals surface area contributed by atoms with Crippen LogP contribution in [0.2, 0.25) is 0 Å². The highest BCUT2D eigenvalue weighted by atomic mass is 16.3. The fraction of sp³-hybridized carbons (Fsp3) is 0.125. The first-order valence-corrected chi connectivity index (χ1v) is 7.21. The second-order valence-electron chi connectivity index (χ2n) is 5.20. The number of aliphatic hydroxyl groups is 1. The first-order chi connectivity index (χ1) is 11.3. The molecule has 0 fully saturated rings. The Bertz CT molecular complexity index is 908. The maximum atomic E-state index is 9.02. The summed E-state index contributed by atoms with van der Waals surface area (Å²) in [5.74, 6) is 0. The number of pyridine rings is 2. The van der Waals surface area contributed by atoms with E-state index in [4.69, 9.17) is 5.11 Å². The Balaban J connectivity index is 1.57. The highest BCUT2D eigenvalue weighted by Crippen LogP contribution is 2.15. The van der Waals surface area contributed by atoms with Crippen molar-refractivity contribution < 1.29 is 5.11 Å². The van der Waals surface area contributed by atoms with E-state index in [2.05, 4.69) is 20.3 Å². The van der Waals surface area contributed by atoms with Crippen molar-refractivity contribution in [3.8, 4) is 11.3 Å². The fourth-order valence-electron chi connectivity index (χ4n) is 2.41. The quantitative estimate of drug-likeness (QED) is 0.618. The Kier molecular flexibility index (Phi) is 3.32. The van der Waals surface area contributed by atoms with E-state index < -0.39 is 0 Å². The van der Waals surface area contributed by atoms with Crippen molar-refractivity contribution in [3.63, 3.8) is 0 Å². The van der Waals surface area contributed by atoms with Gasteiger partial charge < -0.3 is 9.51 Å². The fourth-order valence-corrected chi connectivity index (χ4v) is 2.41. The van der Waals surface area contributed by atoms with Crippen molar-refractivity contribution in [3.05, 3.63) is 66.5 Å². The maximum absolute atomic E-state index is 9.02. The molecular weight excluding hydrogens is 292 g/mol. The van der Waals surface area contributed by atoms with Crippen LogP contribution in [0.4, 0.5) is 0 Å². The van der Waals surface area contributed by atoms with Crippen LogP contribution >= 0.6 is 0 Å². The molecule has 4 aromatic rings. The number of aliphatic hydroxyl groups excluding tert-OH is 1. The summed E-state index contributed by atoms with van der Waals surface area (Å²) in [5.41, 5.74) is 4.06. The molecule has 7 heteroatoms. The molecule has 4 heterocycles. The molecule has 7 nitrogen and oxygen atoms in total. The van der Waals surface area contributed by atoms with E-state index >= 15 is 0 Å². The van der Waals surface area contributed by atoms with Gasteiger partial charge in [0.2, 0.25) is 0 Å². The molecular formula is C16H14N6O. The van der Waals surface area contributed by atoms with Gasteiger partial charge >= 0.3 is 0 Å². The van der Waals surface area contributed by atoms with E-state index in [0.29, 0.717) is 12.2 Å². The second-order valence-corrected chi connectivity index (χ2v) is 5.20. The van der Waals surface area contributed by atoms with Crippen LogP contribution in [0.1, 0.15) is 11.4 Å². The standard InChI is InChI=1S/C16H14N6O/c23-11-13-5-4-12(7-17-13)15-10-22(20-19-15)9-14-8-21-6-2-1-3-16(21)18-14/h1-8,10,23H,9,11H2. The van der Waals surface area contributed by atoms with Crippen LogP contribution in [-0.4, -0.2) is 34.5 Å². The van der Waals surface area contributed by atoms with Gasteiger partial charge in [-0.2, -0.15) is 0 Å². The third-order valence-electron chi connectivity index (χ3n) is 3.56. The molecule has 4 rings (SSSR count). The van der Waals surface area contributed by atoms with Gasteiger partial charge in [0, 0.05) is 24.2 Å². The van der Waals surface area contributed by atoms with Crippen LogP contribution in [0.25, 0.3) is 16.9 Å². The molecule has 4 aromatic heterocycles. The Morgan fingerprint density at radius 3 is 2.78 bits per heavy atom. The number of hydrogen-bond acceptors (Lipinski definition) is 5. The number of aromatic nitrogens is 6. The van der Waals surface area contributed by atoms with Gasteiger partial charge in [-0.1, -0.05) is 11.3 Å². The summed E-state index contributed by atoms with van der Waals surface area (Å²) < 4.78 is 3.72. The number of nitrogens with zero attached hydrogens (tertiary/aromatic N) is 6. The lowest BCUT2D eigenvalue weighted by atomic mass is 10.2. The lowest BCUT2D eigenvalue weighted by Gasteiger charge is -1.97. The summed E-state index contributed by atoms with van der Waals surface area (Å²) in [6.45, 7) is 0.484. The molecule has 0 aliphatic rings. The van der Waals surface area contributed by atoms with E-state index in [1.807, 2.05) is 47.3 Å². The molecule has 0 bridgehead atoms. The van der Waals surface area contributed by atoms with Gasteiger partial charge in [0.25, 0.3) is 0 Å². The van der Waals surface area contributed by atoms with E-state index in [-0.39, 0.29) is 6.61 Å². The average molecular weight is 306 g/mol. The Hall–Kier alpha value is -3.06. The second kappa shape index (κ2) is 5.62. The zero-order chi connectivity index (χ0) is 15.6. The molecule has 114 valence electrons. The molecule has 0 spiro atoms. The van der Waals surface area contributed by atoms with Gasteiger partial charge in [-0.05, 0) is 24.3 Å². The van der Waals surface area contributed by atoms with E-state index in [1.54, 1.807) is 16.9 Å². The molecule has 23 heavy (non-hydrogen) atoms. The highest BCUT2D eigenvalue weighted by molar-refractivity contribution is 5.56. The number of imidazole rings is 1. The summed E-state index contributed by atoms with van der Waals surface area (Å²) in [6.07, 6.45) is 7.49. The van der Waals surface area contributed by atoms with Gasteiger partial charge in [0.05, 0.1) is 30.7 Å². The summed E-state index contributed by atoms with van der Waals surface area (Å²) in [5, 5.41) is 17.3. The molecule has 0 atom stereocenters. The van der Waals surface area contributed by atoms with Gasteiger partial charge in [0.15, 0.2) is 0 Å². The Morgan fingerprint density at radius 1 is 1.04 bits per heavy atom. The Morgan fingerprint density at radius 2 is 2.00 bits per heavy atom. The number of rotatable bonds is 4. The first kappa shape index (κ1) is 13.6. The van der Waals surface area contributed by atoms with E-state index in [1.165, 1.54) is 0 Å². The van der Waals surface area contributed by atoms with Crippen LogP contribution in [-0.2, 0) is 13.2 Å². The Labute approximate surface area is 131 Å². The molecule has 0 radical (unpaired) electrons. The molecule has 0 aliphatic carbocycles. The minimum Gasteiger partial charge on any atom is -0.390 e. The lowest BCUT2D eigenvalue weighted by Crippen LogP contribution is -2.00. The molecule has 0 aromatic carbocycles. The van der Waals surface area contributed by atoms with Gasteiger partial charge in [0.1, 0.15) is 11.3 Å². The summed E-state index contributed by atoms with van der Waals surface area (Å²) in [7, 11) is 0. The normalized spacial score (nSPS) is 11.2. The van der Waals surface area contributed by atoms with Crippen molar-refractivity contribution >= 4 is 5.65 Å². The summed E-state index contributed by atoms with van der Waals surface area (Å²) in [4.78, 5) is 8.70. The van der Waals surface area contributed by atoms with Crippen molar-refractivity contribution in [2.24, 2.45) is 0 Å². The smallest absolute Gasteiger partial charge is 0.137 e. The van der Waals surface area contributed by atoms with Crippen molar-refractivity contribution in [1.29, 1.82) is 0 Å². The van der Waals surface area contributed by atoms with Crippen LogP contribution in [0, 0.1) is 0 Å². The van der Waals surface area contributed by atoms with Crippen LogP contribution in [0.15, 0.2) is 55.1 Å². The summed E-state index contributed by atoms with van der Waals surface area (Å²) in [6, 6.07) is 9.54. The third kappa shape index (κ3) is 2.69. The molecule has 0 aliphatic heterocycles. The van der Waals surface area contributed by atoms with Gasteiger partial charge in [-0.15, -0.1) is 5.10 Å². The third-order valence-corrected chi connectivity index (χ3v) is 3.56. The van der Waals surface area contributed by atoms with E-state index in [0.717, 1.165) is 22.6 Å². The van der Waals surface area contributed by atoms with Crippen LogP contribution in [0.3, 0.4) is 0 Å². The maximum Gasteiger partial charge on any atom is 0.137 e. The van der Waals surface area contributed by atoms with Crippen LogP contribution in [0.5, 0.6) is 0 Å². The SMILES string of the molecule is OCc1ccc(-c2cn(Cc3cn4ccccc4n3)nn2)cn1. The number of hydrogen-bond donors (Lipinski definition) is 1. The lowest BCUT2D eigenvalue weighted by molar-refractivity contribution is 0.277. The largest absolute Gasteiger partial charge is 0.390 e. The monoisotopic (exact) mass is 306 g/mol. The van der Waals surface area contributed by atoms with Crippen molar-refractivity contribution in [1.82, 2.24) is 29.4 Å². The molecule has 0 unspecified atom stereocenters. The molecule has 0 amide bonds. The minimum absolute atomic E-state index is 0.0686. The first-order valence-electron chi connectivity index (χ1n) is 7.21. The van der Waals surface area contributed by atoms with Crippen molar-refractivity contribution in [2.45, 2.75) is 13.2 Å². The van der Waals surface area contributed by atoms with Gasteiger partial charge in [-0.3, -0.25) is 4.98 Å². The van der Waals surface area contributed by atoms with Crippen LogP contribution < -0.4 is 0 Å². The highest BCUT2D eigenvalue weighted by Gasteiger charge is 2.07. The van der Waals surface area contributed by atoms with E-state index in [9.17, 15) is 0 Å². The topological polar surface area (TPSA) is 81.1 Å².